The van der Waals surface area contributed by atoms with E-state index in [1.165, 1.54) is 77.5 Å². The summed E-state index contributed by atoms with van der Waals surface area (Å²) in [7, 11) is 2.32. The van der Waals surface area contributed by atoms with Crippen LogP contribution in [-0.4, -0.2) is 42.5 Å². The maximum atomic E-state index is 6.50. The number of nitrogens with zero attached hydrogens (tertiary/aromatic N) is 3. The molecule has 2 aliphatic rings. The molecule has 2 fully saturated rings. The minimum absolute atomic E-state index is 0.441. The number of nitriles is 1. The van der Waals surface area contributed by atoms with Gasteiger partial charge < -0.3 is 4.90 Å². The first-order chi connectivity index (χ1) is 23.1. The highest BCUT2D eigenvalue weighted by Crippen LogP contribution is 2.36. The van der Waals surface area contributed by atoms with Crippen LogP contribution in [0.15, 0.2) is 78.6 Å². The molecule has 2 atom stereocenters. The first kappa shape index (κ1) is 40.8. The van der Waals surface area contributed by atoms with E-state index < -0.39 is 0 Å². The number of likely N-dealkylation sites (N-methyl/N-ethyl adjacent to an activating group) is 1. The van der Waals surface area contributed by atoms with Crippen LogP contribution in [-0.2, 0) is 6.42 Å². The zero-order valence-electron chi connectivity index (χ0n) is 32.1. The van der Waals surface area contributed by atoms with Gasteiger partial charge in [-0.1, -0.05) is 118 Å². The lowest BCUT2D eigenvalue weighted by molar-refractivity contribution is 0.239. The third kappa shape index (κ3) is 12.0. The summed E-state index contributed by atoms with van der Waals surface area (Å²) in [5, 5.41) is 6.50. The van der Waals surface area contributed by atoms with Crippen LogP contribution in [0, 0.1) is 25.7 Å². The van der Waals surface area contributed by atoms with E-state index in [-0.39, 0.29) is 0 Å². The van der Waals surface area contributed by atoms with Crippen molar-refractivity contribution in [3.8, 4) is 6.57 Å². The molecule has 2 aromatic carbocycles. The van der Waals surface area contributed by atoms with E-state index >= 15 is 0 Å². The van der Waals surface area contributed by atoms with E-state index in [0.717, 1.165) is 44.6 Å². The SMILES string of the molecule is C#N.C/C=C/CC.C=C(/C=C\C(=C(/C)CN(C)C(C)C(CC)c1cc(C)cc(C)c1)c1cc(C2CCCCC2)ccc1CC)N1CCC1. The van der Waals surface area contributed by atoms with Crippen molar-refractivity contribution >= 4 is 5.57 Å². The zero-order valence-corrected chi connectivity index (χ0v) is 32.1. The molecule has 262 valence electrons. The van der Waals surface area contributed by atoms with Crippen LogP contribution in [0.1, 0.15) is 138 Å². The molecule has 2 unspecified atom stereocenters. The van der Waals surface area contributed by atoms with Crippen LogP contribution >= 0.6 is 0 Å². The van der Waals surface area contributed by atoms with Crippen molar-refractivity contribution in [3.05, 3.63) is 112 Å². The van der Waals surface area contributed by atoms with Crippen LogP contribution < -0.4 is 0 Å². The molecule has 0 bridgehead atoms. The number of benzene rings is 2. The van der Waals surface area contributed by atoms with E-state index in [0.29, 0.717) is 17.9 Å². The zero-order chi connectivity index (χ0) is 35.6. The van der Waals surface area contributed by atoms with E-state index in [2.05, 4.69) is 139 Å². The normalized spacial score (nSPS) is 16.8. The Morgan fingerprint density at radius 3 is 2.12 bits per heavy atom. The Bertz CT molecular complexity index is 1360. The van der Waals surface area contributed by atoms with Gasteiger partial charge in [0.15, 0.2) is 0 Å². The minimum atomic E-state index is 0.441. The molecule has 0 N–H and O–H groups in total. The summed E-state index contributed by atoms with van der Waals surface area (Å²) in [5.41, 5.74) is 12.6. The third-order valence-electron chi connectivity index (χ3n) is 10.4. The lowest BCUT2D eigenvalue weighted by Gasteiger charge is -2.34. The molecule has 3 nitrogen and oxygen atoms in total. The van der Waals surface area contributed by atoms with Crippen molar-refractivity contribution in [2.45, 2.75) is 131 Å². The minimum Gasteiger partial charge on any atom is -0.372 e. The van der Waals surface area contributed by atoms with Gasteiger partial charge in [0.05, 0.1) is 0 Å². The summed E-state index contributed by atoms with van der Waals surface area (Å²) in [5.74, 6) is 1.22. The number of aryl methyl sites for hydroxylation is 3. The fourth-order valence-electron chi connectivity index (χ4n) is 7.42. The maximum absolute atomic E-state index is 6.50. The Morgan fingerprint density at radius 2 is 1.62 bits per heavy atom. The van der Waals surface area contributed by atoms with E-state index in [4.69, 9.17) is 5.26 Å². The van der Waals surface area contributed by atoms with Gasteiger partial charge in [-0.25, -0.2) is 5.26 Å². The standard InChI is InChI=1S/C39H56N2.C5H10.CHN/c1-9-33-18-19-35(34-15-12-11-13-16-34)26-39(33)38(20-17-31(6)41-21-14-22-41)30(5)27-40(8)32(7)37(10-2)36-24-28(3)23-29(4)25-36;1-3-5-4-2;1-2/h17-20,23-26,32,34,37H,6,9-16,21-22,27H2,1-5,7-8H3;3,5H,4H2,1-2H3;1H/b20-17-,38-30-;5-3+;. The molecule has 0 amide bonds. The van der Waals surface area contributed by atoms with Gasteiger partial charge in [0.2, 0.25) is 0 Å². The van der Waals surface area contributed by atoms with Crippen LogP contribution in [0.4, 0.5) is 0 Å². The lowest BCUT2D eigenvalue weighted by Crippen LogP contribution is -2.35. The quantitative estimate of drug-likeness (QED) is 0.160. The highest BCUT2D eigenvalue weighted by Gasteiger charge is 2.24. The average Bonchev–Trinajstić information content (AvgIpc) is 3.06. The predicted octanol–water partition coefficient (Wildman–Crippen LogP) is 12.1. The van der Waals surface area contributed by atoms with Crippen LogP contribution in [0.3, 0.4) is 0 Å². The van der Waals surface area contributed by atoms with Crippen LogP contribution in [0.2, 0.25) is 0 Å². The maximum Gasteiger partial charge on any atom is 0.0462 e. The topological polar surface area (TPSA) is 30.3 Å². The van der Waals surface area contributed by atoms with Gasteiger partial charge in [-0.15, -0.1) is 0 Å². The van der Waals surface area contributed by atoms with Crippen LogP contribution in [0.25, 0.3) is 5.57 Å². The number of hydrogen-bond donors (Lipinski definition) is 0. The number of likely N-dealkylation sites (tertiary alicyclic amines) is 1. The number of rotatable bonds is 13. The van der Waals surface area contributed by atoms with Crippen molar-refractivity contribution < 1.29 is 0 Å². The largest absolute Gasteiger partial charge is 0.372 e. The van der Waals surface area contributed by atoms with Crippen molar-refractivity contribution in [3.63, 3.8) is 0 Å². The molecule has 1 aliphatic carbocycles. The average molecular weight is 650 g/mol. The molecular weight excluding hydrogens is 583 g/mol. The number of allylic oxidation sites excluding steroid dienone is 5. The van der Waals surface area contributed by atoms with Crippen molar-refractivity contribution in [1.82, 2.24) is 9.80 Å². The summed E-state index contributed by atoms with van der Waals surface area (Å²) in [6.07, 6.45) is 20.3. The van der Waals surface area contributed by atoms with Crippen molar-refractivity contribution in [2.24, 2.45) is 0 Å². The molecule has 2 aromatic rings. The molecule has 0 radical (unpaired) electrons. The summed E-state index contributed by atoms with van der Waals surface area (Å²) < 4.78 is 0. The third-order valence-corrected chi connectivity index (χ3v) is 10.4. The fourth-order valence-corrected chi connectivity index (χ4v) is 7.42. The molecule has 1 aliphatic heterocycles. The Labute approximate surface area is 296 Å². The van der Waals surface area contributed by atoms with Gasteiger partial charge in [-0.3, -0.25) is 4.90 Å². The molecule has 48 heavy (non-hydrogen) atoms. The van der Waals surface area contributed by atoms with Crippen molar-refractivity contribution in [2.75, 3.05) is 26.7 Å². The highest BCUT2D eigenvalue weighted by molar-refractivity contribution is 5.79. The fraction of sp³-hybridized carbons (Fsp3) is 0.533. The van der Waals surface area contributed by atoms with Gasteiger partial charge in [-0.2, -0.15) is 0 Å². The van der Waals surface area contributed by atoms with Gasteiger partial charge in [-0.05, 0) is 126 Å². The second kappa shape index (κ2) is 21.6. The van der Waals surface area contributed by atoms with E-state index in [1.54, 1.807) is 5.56 Å². The molecule has 3 heteroatoms. The second-order valence-electron chi connectivity index (χ2n) is 14.0. The Morgan fingerprint density at radius 1 is 0.979 bits per heavy atom. The summed E-state index contributed by atoms with van der Waals surface area (Å²) in [6, 6.07) is 14.9. The molecule has 0 aromatic heterocycles. The first-order valence-corrected chi connectivity index (χ1v) is 18.7. The molecule has 1 saturated heterocycles. The number of hydrogen-bond acceptors (Lipinski definition) is 3. The molecule has 1 saturated carbocycles. The molecule has 4 rings (SSSR count). The highest BCUT2D eigenvalue weighted by atomic mass is 15.2. The predicted molar refractivity (Wildman–Crippen MR) is 212 cm³/mol. The summed E-state index contributed by atoms with van der Waals surface area (Å²) >= 11 is 0. The monoisotopic (exact) mass is 650 g/mol. The van der Waals surface area contributed by atoms with Gasteiger partial charge in [0.25, 0.3) is 0 Å². The smallest absolute Gasteiger partial charge is 0.0462 e. The van der Waals surface area contributed by atoms with Gasteiger partial charge in [0, 0.05) is 37.9 Å². The van der Waals surface area contributed by atoms with E-state index in [1.807, 2.05) is 6.92 Å². The Balaban J connectivity index is 0.00000105. The Kier molecular flexibility index (Phi) is 18.4. The molecule has 0 spiro atoms. The molecule has 1 heterocycles. The van der Waals surface area contributed by atoms with Crippen molar-refractivity contribution in [1.29, 1.82) is 5.26 Å². The second-order valence-corrected chi connectivity index (χ2v) is 14.0. The lowest BCUT2D eigenvalue weighted by atomic mass is 9.81. The van der Waals surface area contributed by atoms with Gasteiger partial charge in [0.1, 0.15) is 0 Å². The van der Waals surface area contributed by atoms with Crippen LogP contribution in [0.5, 0.6) is 0 Å². The first-order valence-electron chi connectivity index (χ1n) is 18.7. The molecular formula is C45H67N3. The summed E-state index contributed by atoms with van der Waals surface area (Å²) in [4.78, 5) is 4.97. The van der Waals surface area contributed by atoms with Gasteiger partial charge >= 0.3 is 0 Å². The summed E-state index contributed by atoms with van der Waals surface area (Å²) in [6.45, 7) is 29.2. The Hall–Kier alpha value is -3.35. The van der Waals surface area contributed by atoms with E-state index in [9.17, 15) is 0 Å².